The monoisotopic (exact) mass is 417 g/mol. The molecule has 3 heterocycles. The number of aromatic nitrogens is 2. The first kappa shape index (κ1) is 20.3. The molecule has 162 valence electrons. The Morgan fingerprint density at radius 2 is 1.90 bits per heavy atom. The van der Waals surface area contributed by atoms with Crippen molar-refractivity contribution in [1.29, 1.82) is 0 Å². The number of hydrogen-bond acceptors (Lipinski definition) is 3. The Balaban J connectivity index is 1.39. The average molecular weight is 418 g/mol. The van der Waals surface area contributed by atoms with Gasteiger partial charge in [-0.3, -0.25) is 4.79 Å². The molecule has 0 radical (unpaired) electrons. The summed E-state index contributed by atoms with van der Waals surface area (Å²) >= 11 is 0. The van der Waals surface area contributed by atoms with E-state index in [2.05, 4.69) is 46.4 Å². The van der Waals surface area contributed by atoms with Crippen molar-refractivity contribution in [1.82, 2.24) is 14.5 Å². The second-order valence-electron chi connectivity index (χ2n) is 9.10. The van der Waals surface area contributed by atoms with Crippen molar-refractivity contribution in [3.05, 3.63) is 72.1 Å². The third-order valence-electron chi connectivity index (χ3n) is 7.10. The zero-order valence-corrected chi connectivity index (χ0v) is 18.1. The first-order valence-corrected chi connectivity index (χ1v) is 11.6. The summed E-state index contributed by atoms with van der Waals surface area (Å²) in [4.78, 5) is 16.2. The third-order valence-corrected chi connectivity index (χ3v) is 7.10. The molecule has 0 N–H and O–H groups in total. The van der Waals surface area contributed by atoms with Crippen LogP contribution in [0.5, 0.6) is 0 Å². The molecular formula is C26H31N3O2. The number of amides is 1. The summed E-state index contributed by atoms with van der Waals surface area (Å²) in [5.41, 5.74) is 3.21. The molecule has 1 aliphatic carbocycles. The van der Waals surface area contributed by atoms with E-state index in [-0.39, 0.29) is 11.3 Å². The molecule has 5 rings (SSSR count). The van der Waals surface area contributed by atoms with Crippen molar-refractivity contribution in [3.63, 3.8) is 0 Å². The molecule has 2 aliphatic rings. The van der Waals surface area contributed by atoms with Crippen LogP contribution < -0.4 is 0 Å². The minimum absolute atomic E-state index is 0.281. The summed E-state index contributed by atoms with van der Waals surface area (Å²) in [6, 6.07) is 16.7. The van der Waals surface area contributed by atoms with Gasteiger partial charge in [-0.05, 0) is 42.5 Å². The van der Waals surface area contributed by atoms with Crippen LogP contribution in [0.15, 0.2) is 60.9 Å². The lowest BCUT2D eigenvalue weighted by molar-refractivity contribution is -0.139. The summed E-state index contributed by atoms with van der Waals surface area (Å²) in [7, 11) is 0. The van der Waals surface area contributed by atoms with Gasteiger partial charge in [-0.25, -0.2) is 4.52 Å². The highest BCUT2D eigenvalue weighted by molar-refractivity contribution is 5.88. The number of ether oxygens (including phenoxy) is 1. The molecule has 1 aromatic carbocycles. The molecule has 2 fully saturated rings. The van der Waals surface area contributed by atoms with E-state index >= 15 is 0 Å². The van der Waals surface area contributed by atoms with Crippen LogP contribution in [0.1, 0.15) is 43.2 Å². The number of nitrogens with zero attached hydrogens (tertiary/aromatic N) is 3. The van der Waals surface area contributed by atoms with E-state index < -0.39 is 0 Å². The van der Waals surface area contributed by atoms with E-state index in [0.717, 1.165) is 44.2 Å². The van der Waals surface area contributed by atoms with E-state index in [4.69, 9.17) is 4.74 Å². The van der Waals surface area contributed by atoms with Crippen LogP contribution in [0.2, 0.25) is 0 Å². The van der Waals surface area contributed by atoms with Crippen LogP contribution in [0.4, 0.5) is 0 Å². The molecular weight excluding hydrogens is 386 g/mol. The number of pyridine rings is 1. The zero-order valence-electron chi connectivity index (χ0n) is 18.1. The first-order chi connectivity index (χ1) is 15.3. The Kier molecular flexibility index (Phi) is 5.77. The maximum atomic E-state index is 14.1. The first-order valence-electron chi connectivity index (χ1n) is 11.6. The van der Waals surface area contributed by atoms with Gasteiger partial charge in [-0.2, -0.15) is 5.10 Å². The Labute approximate surface area is 184 Å². The molecule has 1 atom stereocenters. The highest BCUT2D eigenvalue weighted by Crippen LogP contribution is 2.41. The van der Waals surface area contributed by atoms with Gasteiger partial charge in [0.05, 0.1) is 24.1 Å². The summed E-state index contributed by atoms with van der Waals surface area (Å²) in [6.45, 7) is 2.74. The van der Waals surface area contributed by atoms with Crippen LogP contribution in [0.25, 0.3) is 5.52 Å². The van der Waals surface area contributed by atoms with Gasteiger partial charge in [0.25, 0.3) is 0 Å². The van der Waals surface area contributed by atoms with Crippen molar-refractivity contribution in [2.24, 2.45) is 5.92 Å². The summed E-state index contributed by atoms with van der Waals surface area (Å²) in [5, 5.41) is 4.36. The van der Waals surface area contributed by atoms with Crippen molar-refractivity contribution < 1.29 is 9.53 Å². The van der Waals surface area contributed by atoms with Gasteiger partial charge in [0, 0.05) is 31.4 Å². The molecule has 0 bridgehead atoms. The number of carbonyl (C=O) groups excluding carboxylic acids is 1. The fourth-order valence-corrected chi connectivity index (χ4v) is 5.53. The topological polar surface area (TPSA) is 46.8 Å². The summed E-state index contributed by atoms with van der Waals surface area (Å²) in [5.74, 6) is 0.584. The standard InChI is InChI=1S/C26H31N3O2/c30-25(26(12-5-2-6-13-26)23-9-3-1-4-10-23)28-16-17-31-20-21(19-28)18-22-8-7-15-29-24(22)11-14-27-29/h1,3-4,7-11,14-15,21H,2,5-6,12-13,16-20H2/t21-/m0/s1. The fraction of sp³-hybridized carbons (Fsp3) is 0.462. The quantitative estimate of drug-likeness (QED) is 0.637. The van der Waals surface area contributed by atoms with Gasteiger partial charge in [0.2, 0.25) is 5.91 Å². The van der Waals surface area contributed by atoms with Crippen LogP contribution in [0, 0.1) is 5.92 Å². The van der Waals surface area contributed by atoms with Crippen LogP contribution in [-0.2, 0) is 21.4 Å². The maximum absolute atomic E-state index is 14.1. The van der Waals surface area contributed by atoms with Gasteiger partial charge >= 0.3 is 0 Å². The van der Waals surface area contributed by atoms with Crippen LogP contribution >= 0.6 is 0 Å². The van der Waals surface area contributed by atoms with E-state index in [1.807, 2.05) is 29.0 Å². The van der Waals surface area contributed by atoms with Crippen LogP contribution in [-0.4, -0.2) is 46.7 Å². The average Bonchev–Trinajstić information content (AvgIpc) is 3.20. The number of rotatable bonds is 4. The minimum Gasteiger partial charge on any atom is -0.379 e. The Hall–Kier alpha value is -2.66. The second-order valence-corrected chi connectivity index (χ2v) is 9.10. The number of hydrogen-bond donors (Lipinski definition) is 0. The Bertz CT molecular complexity index is 1020. The van der Waals surface area contributed by atoms with Crippen molar-refractivity contribution in [3.8, 4) is 0 Å². The largest absolute Gasteiger partial charge is 0.379 e. The SMILES string of the molecule is O=C(N1CCOC[C@@H](Cc2cccn3nccc23)C1)C1(c2ccccc2)CCCCC1. The molecule has 0 unspecified atom stereocenters. The maximum Gasteiger partial charge on any atom is 0.233 e. The van der Waals surface area contributed by atoms with E-state index in [1.54, 1.807) is 0 Å². The van der Waals surface area contributed by atoms with Crippen molar-refractivity contribution in [2.45, 2.75) is 43.9 Å². The van der Waals surface area contributed by atoms with Crippen molar-refractivity contribution >= 4 is 11.4 Å². The molecule has 5 heteroatoms. The van der Waals surface area contributed by atoms with Gasteiger partial charge in [0.1, 0.15) is 0 Å². The summed E-state index contributed by atoms with van der Waals surface area (Å²) < 4.78 is 7.88. The fourth-order valence-electron chi connectivity index (χ4n) is 5.53. The molecule has 3 aromatic rings. The number of benzene rings is 1. The lowest BCUT2D eigenvalue weighted by Crippen LogP contribution is -2.50. The molecule has 0 spiro atoms. The van der Waals surface area contributed by atoms with E-state index in [1.165, 1.54) is 17.5 Å². The molecule has 1 aliphatic heterocycles. The lowest BCUT2D eigenvalue weighted by atomic mass is 9.68. The third kappa shape index (κ3) is 3.99. The molecule has 1 amide bonds. The van der Waals surface area contributed by atoms with Crippen molar-refractivity contribution in [2.75, 3.05) is 26.3 Å². The Morgan fingerprint density at radius 1 is 1.06 bits per heavy atom. The molecule has 1 saturated heterocycles. The molecule has 2 aromatic heterocycles. The molecule has 31 heavy (non-hydrogen) atoms. The second kappa shape index (κ2) is 8.83. The van der Waals surface area contributed by atoms with E-state index in [0.29, 0.717) is 25.7 Å². The van der Waals surface area contributed by atoms with Gasteiger partial charge < -0.3 is 9.64 Å². The predicted molar refractivity (Wildman–Crippen MR) is 121 cm³/mol. The highest BCUT2D eigenvalue weighted by Gasteiger charge is 2.44. The minimum atomic E-state index is -0.375. The Morgan fingerprint density at radius 3 is 2.74 bits per heavy atom. The predicted octanol–water partition coefficient (Wildman–Crippen LogP) is 4.25. The number of fused-ring (bicyclic) bond motifs is 1. The highest BCUT2D eigenvalue weighted by atomic mass is 16.5. The summed E-state index contributed by atoms with van der Waals surface area (Å²) in [6.07, 6.45) is 10.1. The smallest absolute Gasteiger partial charge is 0.233 e. The lowest BCUT2D eigenvalue weighted by Gasteiger charge is -2.40. The van der Waals surface area contributed by atoms with Gasteiger partial charge in [-0.1, -0.05) is 55.7 Å². The number of carbonyl (C=O) groups is 1. The molecule has 1 saturated carbocycles. The van der Waals surface area contributed by atoms with Crippen LogP contribution in [0.3, 0.4) is 0 Å². The zero-order chi connectivity index (χ0) is 21.1. The normalized spacial score (nSPS) is 21.7. The van der Waals surface area contributed by atoms with Gasteiger partial charge in [0.15, 0.2) is 0 Å². The van der Waals surface area contributed by atoms with E-state index in [9.17, 15) is 4.79 Å². The molecule has 5 nitrogen and oxygen atoms in total. The van der Waals surface area contributed by atoms with Gasteiger partial charge in [-0.15, -0.1) is 0 Å².